The van der Waals surface area contributed by atoms with Gasteiger partial charge in [-0.3, -0.25) is 9.59 Å². The van der Waals surface area contributed by atoms with Crippen LogP contribution in [0.25, 0.3) is 0 Å². The highest BCUT2D eigenvalue weighted by molar-refractivity contribution is 7.89. The van der Waals surface area contributed by atoms with Crippen LogP contribution in [0.3, 0.4) is 0 Å². The molecule has 2 aliphatic heterocycles. The zero-order valence-electron chi connectivity index (χ0n) is 16.1. The van der Waals surface area contributed by atoms with Crippen molar-refractivity contribution in [3.63, 3.8) is 0 Å². The Morgan fingerprint density at radius 3 is 2.55 bits per heavy atom. The third-order valence-corrected chi connectivity index (χ3v) is 5.88. The van der Waals surface area contributed by atoms with E-state index in [0.29, 0.717) is 51.0 Å². The van der Waals surface area contributed by atoms with Crippen molar-refractivity contribution >= 4 is 21.9 Å². The first-order chi connectivity index (χ1) is 13.9. The molecule has 0 aromatic heterocycles. The summed E-state index contributed by atoms with van der Waals surface area (Å²) in [6.07, 6.45) is -1.14. The van der Waals surface area contributed by atoms with Gasteiger partial charge in [0.15, 0.2) is 17.6 Å². The maximum Gasteiger partial charge on any atom is 0.307 e. The Bertz CT molecular complexity index is 851. The molecule has 0 aliphatic carbocycles. The molecule has 1 amide bonds. The SMILES string of the molecule is C[C@H](OC(=O)CCNS(=O)(=O)c1ccc2c(c1)OCCO2)C(=O)N1CCOCC1. The van der Waals surface area contributed by atoms with E-state index in [1.165, 1.54) is 25.1 Å². The Hall–Kier alpha value is -2.37. The number of ether oxygens (including phenoxy) is 4. The van der Waals surface area contributed by atoms with Crippen LogP contribution >= 0.6 is 0 Å². The maximum absolute atomic E-state index is 12.4. The summed E-state index contributed by atoms with van der Waals surface area (Å²) in [5.41, 5.74) is 0. The summed E-state index contributed by atoms with van der Waals surface area (Å²) in [7, 11) is -3.83. The summed E-state index contributed by atoms with van der Waals surface area (Å²) in [5, 5.41) is 0. The van der Waals surface area contributed by atoms with Crippen LogP contribution in [0, 0.1) is 0 Å². The first-order valence-electron chi connectivity index (χ1n) is 9.32. The highest BCUT2D eigenvalue weighted by Crippen LogP contribution is 2.32. The predicted molar refractivity (Wildman–Crippen MR) is 100 cm³/mol. The highest BCUT2D eigenvalue weighted by atomic mass is 32.2. The lowest BCUT2D eigenvalue weighted by atomic mass is 10.3. The lowest BCUT2D eigenvalue weighted by Crippen LogP contribution is -2.46. The molecule has 1 fully saturated rings. The van der Waals surface area contributed by atoms with E-state index in [9.17, 15) is 18.0 Å². The molecule has 0 spiro atoms. The molecule has 1 saturated heterocycles. The molecule has 11 heteroatoms. The van der Waals surface area contributed by atoms with Crippen molar-refractivity contribution in [2.45, 2.75) is 24.3 Å². The van der Waals surface area contributed by atoms with E-state index < -0.39 is 22.1 Å². The van der Waals surface area contributed by atoms with E-state index in [2.05, 4.69) is 4.72 Å². The van der Waals surface area contributed by atoms with Crippen molar-refractivity contribution in [3.05, 3.63) is 18.2 Å². The van der Waals surface area contributed by atoms with Gasteiger partial charge in [-0.05, 0) is 19.1 Å². The second-order valence-electron chi connectivity index (χ2n) is 6.52. The van der Waals surface area contributed by atoms with Crippen molar-refractivity contribution in [3.8, 4) is 11.5 Å². The molecule has 10 nitrogen and oxygen atoms in total. The summed E-state index contributed by atoms with van der Waals surface area (Å²) in [6.45, 7) is 3.90. The molecule has 29 heavy (non-hydrogen) atoms. The number of hydrogen-bond acceptors (Lipinski definition) is 8. The van der Waals surface area contributed by atoms with Gasteiger partial charge in [0.2, 0.25) is 10.0 Å². The largest absolute Gasteiger partial charge is 0.486 e. The standard InChI is InChI=1S/C18H24N2O8S/c1-13(18(22)20-6-8-25-9-7-20)28-17(21)4-5-19-29(23,24)14-2-3-15-16(12-14)27-11-10-26-15/h2-3,12-13,19H,4-11H2,1H3/t13-/m0/s1. The molecule has 0 saturated carbocycles. The molecule has 1 aromatic carbocycles. The molecule has 2 aliphatic rings. The molecular weight excluding hydrogens is 404 g/mol. The normalized spacial score (nSPS) is 17.5. The third kappa shape index (κ3) is 5.58. The summed E-state index contributed by atoms with van der Waals surface area (Å²) in [6, 6.07) is 4.30. The number of rotatable bonds is 7. The van der Waals surface area contributed by atoms with Crippen LogP contribution in [0.2, 0.25) is 0 Å². The minimum atomic E-state index is -3.83. The fraction of sp³-hybridized carbons (Fsp3) is 0.556. The van der Waals surface area contributed by atoms with Crippen molar-refractivity contribution in [1.29, 1.82) is 0 Å². The van der Waals surface area contributed by atoms with Crippen molar-refractivity contribution < 1.29 is 37.0 Å². The fourth-order valence-corrected chi connectivity index (χ4v) is 3.96. The van der Waals surface area contributed by atoms with Gasteiger partial charge >= 0.3 is 5.97 Å². The predicted octanol–water partition coefficient (Wildman–Crippen LogP) is -0.0833. The molecule has 1 atom stereocenters. The molecular formula is C18H24N2O8S. The number of amides is 1. The summed E-state index contributed by atoms with van der Waals surface area (Å²) in [5.74, 6) is -0.117. The van der Waals surface area contributed by atoms with Gasteiger partial charge < -0.3 is 23.8 Å². The van der Waals surface area contributed by atoms with Crippen LogP contribution in [-0.2, 0) is 29.1 Å². The zero-order valence-corrected chi connectivity index (χ0v) is 16.9. The van der Waals surface area contributed by atoms with Crippen LogP contribution in [-0.4, -0.2) is 77.4 Å². The number of hydrogen-bond donors (Lipinski definition) is 1. The lowest BCUT2D eigenvalue weighted by molar-refractivity contribution is -0.160. The quantitative estimate of drug-likeness (QED) is 0.599. The van der Waals surface area contributed by atoms with Crippen LogP contribution in [0.1, 0.15) is 13.3 Å². The number of carbonyl (C=O) groups is 2. The molecule has 0 radical (unpaired) electrons. The van der Waals surface area contributed by atoms with Gasteiger partial charge in [0, 0.05) is 25.7 Å². The molecule has 2 heterocycles. The number of nitrogens with zero attached hydrogens (tertiary/aromatic N) is 1. The topological polar surface area (TPSA) is 120 Å². The van der Waals surface area contributed by atoms with Crippen LogP contribution in [0.5, 0.6) is 11.5 Å². The third-order valence-electron chi connectivity index (χ3n) is 4.42. The Kier molecular flexibility index (Phi) is 6.93. The summed E-state index contributed by atoms with van der Waals surface area (Å²) >= 11 is 0. The average molecular weight is 428 g/mol. The molecule has 0 unspecified atom stereocenters. The first kappa shape index (κ1) is 21.3. The number of fused-ring (bicyclic) bond motifs is 1. The Morgan fingerprint density at radius 2 is 1.83 bits per heavy atom. The lowest BCUT2D eigenvalue weighted by Gasteiger charge is -2.28. The molecule has 1 N–H and O–H groups in total. The minimum absolute atomic E-state index is 0.00554. The van der Waals surface area contributed by atoms with Gasteiger partial charge in [-0.25, -0.2) is 13.1 Å². The number of carbonyl (C=O) groups excluding carboxylic acids is 2. The van der Waals surface area contributed by atoms with E-state index in [-0.39, 0.29) is 23.8 Å². The van der Waals surface area contributed by atoms with E-state index in [4.69, 9.17) is 18.9 Å². The minimum Gasteiger partial charge on any atom is -0.486 e. The number of esters is 1. The zero-order chi connectivity index (χ0) is 20.9. The van der Waals surface area contributed by atoms with E-state index in [1.807, 2.05) is 0 Å². The van der Waals surface area contributed by atoms with Gasteiger partial charge in [-0.15, -0.1) is 0 Å². The smallest absolute Gasteiger partial charge is 0.307 e. The fourth-order valence-electron chi connectivity index (χ4n) is 2.91. The average Bonchev–Trinajstić information content (AvgIpc) is 2.73. The van der Waals surface area contributed by atoms with Gasteiger partial charge in [-0.1, -0.05) is 0 Å². The number of benzene rings is 1. The molecule has 0 bridgehead atoms. The molecule has 160 valence electrons. The van der Waals surface area contributed by atoms with Crippen molar-refractivity contribution in [2.24, 2.45) is 0 Å². The number of morpholine rings is 1. The second-order valence-corrected chi connectivity index (χ2v) is 8.29. The van der Waals surface area contributed by atoms with Gasteiger partial charge in [-0.2, -0.15) is 0 Å². The van der Waals surface area contributed by atoms with E-state index in [0.717, 1.165) is 0 Å². The second kappa shape index (κ2) is 9.42. The van der Waals surface area contributed by atoms with Crippen molar-refractivity contribution in [1.82, 2.24) is 9.62 Å². The Morgan fingerprint density at radius 1 is 1.14 bits per heavy atom. The summed E-state index contributed by atoms with van der Waals surface area (Å²) in [4.78, 5) is 25.8. The monoisotopic (exact) mass is 428 g/mol. The number of sulfonamides is 1. The molecule has 1 aromatic rings. The van der Waals surface area contributed by atoms with E-state index in [1.54, 1.807) is 4.90 Å². The van der Waals surface area contributed by atoms with Crippen LogP contribution in [0.15, 0.2) is 23.1 Å². The van der Waals surface area contributed by atoms with Gasteiger partial charge in [0.05, 0.1) is 24.5 Å². The summed E-state index contributed by atoms with van der Waals surface area (Å²) < 4.78 is 48.2. The maximum atomic E-state index is 12.4. The first-order valence-corrected chi connectivity index (χ1v) is 10.8. The number of nitrogens with one attached hydrogen (secondary N) is 1. The van der Waals surface area contributed by atoms with Gasteiger partial charge in [0.1, 0.15) is 13.2 Å². The van der Waals surface area contributed by atoms with E-state index >= 15 is 0 Å². The van der Waals surface area contributed by atoms with Crippen LogP contribution < -0.4 is 14.2 Å². The highest BCUT2D eigenvalue weighted by Gasteiger charge is 2.25. The molecule has 3 rings (SSSR count). The Balaban J connectivity index is 1.47. The van der Waals surface area contributed by atoms with Gasteiger partial charge in [0.25, 0.3) is 5.91 Å². The van der Waals surface area contributed by atoms with Crippen molar-refractivity contribution in [2.75, 3.05) is 46.1 Å². The van der Waals surface area contributed by atoms with Crippen LogP contribution in [0.4, 0.5) is 0 Å². The Labute approximate surface area is 169 Å².